The van der Waals surface area contributed by atoms with Crippen molar-refractivity contribution in [2.75, 3.05) is 6.61 Å². The van der Waals surface area contributed by atoms with E-state index in [1.54, 1.807) is 19.1 Å². The van der Waals surface area contributed by atoms with E-state index in [0.29, 0.717) is 5.56 Å². The van der Waals surface area contributed by atoms with Crippen molar-refractivity contribution in [2.24, 2.45) is 0 Å². The van der Waals surface area contributed by atoms with Crippen molar-refractivity contribution >= 4 is 6.08 Å². The molecule has 0 radical (unpaired) electrons. The minimum atomic E-state index is -1.02. The monoisotopic (exact) mass is 359 g/mol. The van der Waals surface area contributed by atoms with Crippen LogP contribution in [0.15, 0.2) is 49.2 Å². The number of allylic oxidation sites excluding steroid dienone is 1. The normalized spacial score (nSPS) is 12.3. The molecule has 5 heteroatoms. The Morgan fingerprint density at radius 3 is 2.69 bits per heavy atom. The lowest BCUT2D eigenvalue weighted by molar-refractivity contribution is 0.182. The van der Waals surface area contributed by atoms with Gasteiger partial charge in [0.2, 0.25) is 5.82 Å². The molecule has 0 fully saturated rings. The van der Waals surface area contributed by atoms with Gasteiger partial charge in [0.1, 0.15) is 6.61 Å². The van der Waals surface area contributed by atoms with Crippen LogP contribution in [-0.4, -0.2) is 22.8 Å². The largest absolute Gasteiger partial charge is 0.486 e. The summed E-state index contributed by atoms with van der Waals surface area (Å²) < 4.78 is 33.4. The molecule has 0 spiro atoms. The minimum absolute atomic E-state index is 0.107. The van der Waals surface area contributed by atoms with Crippen LogP contribution < -0.4 is 4.74 Å². The standard InChI is InChI=1S/C21H23F2NO2/c1-3-13-26-19-12-11-18(20(22)21(19)23)16-9-10-17(24-14-16)8-6-4-5-7-15(2)25/h3,6,8-12,14-15,25H,1,4-5,7,13H2,2H3. The van der Waals surface area contributed by atoms with Gasteiger partial charge in [0, 0.05) is 17.3 Å². The van der Waals surface area contributed by atoms with E-state index < -0.39 is 11.6 Å². The molecule has 138 valence electrons. The molecule has 2 rings (SSSR count). The molecule has 1 aromatic heterocycles. The van der Waals surface area contributed by atoms with Gasteiger partial charge in [-0.2, -0.15) is 4.39 Å². The average molecular weight is 359 g/mol. The number of nitrogens with zero attached hydrogens (tertiary/aromatic N) is 1. The summed E-state index contributed by atoms with van der Waals surface area (Å²) >= 11 is 0. The Bertz CT molecular complexity index is 755. The summed E-state index contributed by atoms with van der Waals surface area (Å²) in [5, 5.41) is 9.20. The molecule has 0 aliphatic carbocycles. The summed E-state index contributed by atoms with van der Waals surface area (Å²) in [6.07, 6.45) is 9.05. The second-order valence-electron chi connectivity index (χ2n) is 5.99. The van der Waals surface area contributed by atoms with Crippen LogP contribution in [0.2, 0.25) is 0 Å². The van der Waals surface area contributed by atoms with Gasteiger partial charge in [-0.3, -0.25) is 4.98 Å². The third-order valence-electron chi connectivity index (χ3n) is 3.78. The van der Waals surface area contributed by atoms with Crippen LogP contribution in [-0.2, 0) is 0 Å². The lowest BCUT2D eigenvalue weighted by atomic mass is 10.1. The van der Waals surface area contributed by atoms with Gasteiger partial charge in [0.25, 0.3) is 0 Å². The van der Waals surface area contributed by atoms with Crippen LogP contribution in [0.4, 0.5) is 8.78 Å². The second-order valence-corrected chi connectivity index (χ2v) is 5.99. The van der Waals surface area contributed by atoms with Crippen molar-refractivity contribution in [1.29, 1.82) is 0 Å². The number of hydrogen-bond acceptors (Lipinski definition) is 3. The van der Waals surface area contributed by atoms with Gasteiger partial charge in [-0.25, -0.2) is 4.39 Å². The number of aliphatic hydroxyl groups excluding tert-OH is 1. The van der Waals surface area contributed by atoms with Crippen molar-refractivity contribution in [2.45, 2.75) is 32.3 Å². The Hall–Kier alpha value is -2.53. The zero-order valence-corrected chi connectivity index (χ0v) is 14.8. The van der Waals surface area contributed by atoms with E-state index in [1.165, 1.54) is 24.4 Å². The maximum Gasteiger partial charge on any atom is 0.201 e. The van der Waals surface area contributed by atoms with Crippen LogP contribution in [0.3, 0.4) is 0 Å². The van der Waals surface area contributed by atoms with E-state index >= 15 is 0 Å². The van der Waals surface area contributed by atoms with Crippen LogP contribution in [0.5, 0.6) is 5.75 Å². The van der Waals surface area contributed by atoms with Gasteiger partial charge in [-0.05, 0) is 50.5 Å². The number of pyridine rings is 1. The summed E-state index contributed by atoms with van der Waals surface area (Å²) in [4.78, 5) is 4.26. The molecule has 1 N–H and O–H groups in total. The van der Waals surface area contributed by atoms with E-state index in [0.717, 1.165) is 25.0 Å². The summed E-state index contributed by atoms with van der Waals surface area (Å²) in [6, 6.07) is 6.32. The first kappa shape index (κ1) is 19.8. The fourth-order valence-electron chi connectivity index (χ4n) is 2.41. The molecule has 1 atom stereocenters. The molecule has 0 bridgehead atoms. The Labute approximate surface area is 152 Å². The zero-order valence-electron chi connectivity index (χ0n) is 14.8. The topological polar surface area (TPSA) is 42.4 Å². The first-order chi connectivity index (χ1) is 12.5. The molecule has 26 heavy (non-hydrogen) atoms. The lowest BCUT2D eigenvalue weighted by Crippen LogP contribution is -1.99. The van der Waals surface area contributed by atoms with Crippen LogP contribution in [0.25, 0.3) is 17.2 Å². The fraction of sp³-hybridized carbons (Fsp3) is 0.286. The number of aromatic nitrogens is 1. The predicted octanol–water partition coefficient (Wildman–Crippen LogP) is 5.16. The second kappa shape index (κ2) is 9.82. The first-order valence-electron chi connectivity index (χ1n) is 8.55. The smallest absolute Gasteiger partial charge is 0.201 e. The van der Waals surface area contributed by atoms with E-state index in [-0.39, 0.29) is 24.0 Å². The van der Waals surface area contributed by atoms with Crippen molar-refractivity contribution < 1.29 is 18.6 Å². The molecule has 1 aromatic carbocycles. The van der Waals surface area contributed by atoms with Crippen LogP contribution >= 0.6 is 0 Å². The van der Waals surface area contributed by atoms with Crippen molar-refractivity contribution in [3.05, 3.63) is 66.5 Å². The number of hydrogen-bond donors (Lipinski definition) is 1. The van der Waals surface area contributed by atoms with Gasteiger partial charge < -0.3 is 9.84 Å². The highest BCUT2D eigenvalue weighted by molar-refractivity contribution is 5.65. The number of halogens is 2. The van der Waals surface area contributed by atoms with E-state index in [1.807, 2.05) is 12.2 Å². The summed E-state index contributed by atoms with van der Waals surface area (Å²) in [6.45, 7) is 5.35. The molecule has 0 amide bonds. The zero-order chi connectivity index (χ0) is 18.9. The molecule has 0 aliphatic heterocycles. The number of aliphatic hydroxyl groups is 1. The summed E-state index contributed by atoms with van der Waals surface area (Å²) in [7, 11) is 0. The van der Waals surface area contributed by atoms with Crippen molar-refractivity contribution in [3.63, 3.8) is 0 Å². The molecular formula is C21H23F2NO2. The third-order valence-corrected chi connectivity index (χ3v) is 3.78. The van der Waals surface area contributed by atoms with Gasteiger partial charge in [-0.1, -0.05) is 24.8 Å². The maximum atomic E-state index is 14.3. The molecule has 1 unspecified atom stereocenters. The molecule has 0 saturated carbocycles. The molecule has 3 nitrogen and oxygen atoms in total. The number of unbranched alkanes of at least 4 members (excludes halogenated alkanes) is 1. The fourth-order valence-corrected chi connectivity index (χ4v) is 2.41. The van der Waals surface area contributed by atoms with Crippen molar-refractivity contribution in [3.8, 4) is 16.9 Å². The predicted molar refractivity (Wildman–Crippen MR) is 99.8 cm³/mol. The lowest BCUT2D eigenvalue weighted by Gasteiger charge is -2.09. The van der Waals surface area contributed by atoms with E-state index in [2.05, 4.69) is 11.6 Å². The number of benzene rings is 1. The van der Waals surface area contributed by atoms with Gasteiger partial charge in [0.15, 0.2) is 11.6 Å². The molecular weight excluding hydrogens is 336 g/mol. The average Bonchev–Trinajstić information content (AvgIpc) is 2.63. The van der Waals surface area contributed by atoms with Gasteiger partial charge in [0.05, 0.1) is 11.8 Å². The number of ether oxygens (including phenoxy) is 1. The van der Waals surface area contributed by atoms with E-state index in [4.69, 9.17) is 4.74 Å². The minimum Gasteiger partial charge on any atom is -0.486 e. The Morgan fingerprint density at radius 2 is 2.04 bits per heavy atom. The van der Waals surface area contributed by atoms with Crippen LogP contribution in [0, 0.1) is 11.6 Å². The summed E-state index contributed by atoms with van der Waals surface area (Å²) in [5.41, 5.74) is 1.36. The SMILES string of the molecule is C=CCOc1ccc(-c2ccc(C=CCCCC(C)O)nc2)c(F)c1F. The maximum absolute atomic E-state index is 14.3. The molecule has 1 heterocycles. The number of rotatable bonds is 9. The summed E-state index contributed by atoms with van der Waals surface area (Å²) in [5.74, 6) is -2.13. The highest BCUT2D eigenvalue weighted by Crippen LogP contribution is 2.29. The Morgan fingerprint density at radius 1 is 1.23 bits per heavy atom. The molecule has 0 saturated heterocycles. The quantitative estimate of drug-likeness (QED) is 0.497. The molecule has 2 aromatic rings. The molecule has 0 aliphatic rings. The highest BCUT2D eigenvalue weighted by atomic mass is 19.2. The first-order valence-corrected chi connectivity index (χ1v) is 8.55. The third kappa shape index (κ3) is 5.49. The van der Waals surface area contributed by atoms with Gasteiger partial charge >= 0.3 is 0 Å². The van der Waals surface area contributed by atoms with Crippen LogP contribution in [0.1, 0.15) is 31.9 Å². The van der Waals surface area contributed by atoms with Crippen molar-refractivity contribution in [1.82, 2.24) is 4.98 Å². The highest BCUT2D eigenvalue weighted by Gasteiger charge is 2.15. The Balaban J connectivity index is 2.07. The van der Waals surface area contributed by atoms with E-state index in [9.17, 15) is 13.9 Å². The van der Waals surface area contributed by atoms with Gasteiger partial charge in [-0.15, -0.1) is 0 Å². The Kier molecular flexibility index (Phi) is 7.48.